The van der Waals surface area contributed by atoms with Crippen LogP contribution in [-0.4, -0.2) is 17.6 Å². The number of nitrogens with zero attached hydrogens (tertiary/aromatic N) is 1. The summed E-state index contributed by atoms with van der Waals surface area (Å²) in [5.41, 5.74) is 3.81. The van der Waals surface area contributed by atoms with Crippen LogP contribution in [-0.2, 0) is 9.59 Å². The lowest BCUT2D eigenvalue weighted by molar-refractivity contribution is -0.116. The molecule has 3 rings (SSSR count). The number of anilines is 2. The largest absolute Gasteiger partial charge is 0.326 e. The molecule has 1 aliphatic rings. The molecule has 0 aliphatic carbocycles. The van der Waals surface area contributed by atoms with Gasteiger partial charge in [0.15, 0.2) is 0 Å². The SMILES string of the molecule is CCCCC(=O)Nc1ccccc1[C@@H]1SCC(=O)N1c1ccc(C)cc1. The topological polar surface area (TPSA) is 49.4 Å². The second-order valence-corrected chi connectivity index (χ2v) is 7.57. The zero-order valence-electron chi connectivity index (χ0n) is 15.2. The van der Waals surface area contributed by atoms with E-state index in [1.165, 1.54) is 0 Å². The predicted molar refractivity (Wildman–Crippen MR) is 108 cm³/mol. The number of carbonyl (C=O) groups excluding carboxylic acids is 2. The lowest BCUT2D eigenvalue weighted by Crippen LogP contribution is -2.28. The first-order valence-electron chi connectivity index (χ1n) is 8.99. The molecule has 0 spiro atoms. The van der Waals surface area contributed by atoms with E-state index in [1.807, 2.05) is 60.4 Å². The maximum atomic E-state index is 12.5. The molecule has 0 radical (unpaired) electrons. The van der Waals surface area contributed by atoms with Crippen LogP contribution in [0.25, 0.3) is 0 Å². The van der Waals surface area contributed by atoms with Crippen molar-refractivity contribution in [3.63, 3.8) is 0 Å². The Bertz CT molecular complexity index is 789. The van der Waals surface area contributed by atoms with Gasteiger partial charge < -0.3 is 5.32 Å². The van der Waals surface area contributed by atoms with Crippen LogP contribution in [0.15, 0.2) is 48.5 Å². The Morgan fingerprint density at radius 3 is 2.65 bits per heavy atom. The molecule has 2 aromatic carbocycles. The van der Waals surface area contributed by atoms with E-state index in [-0.39, 0.29) is 17.2 Å². The first-order valence-corrected chi connectivity index (χ1v) is 10.0. The molecule has 5 heteroatoms. The normalized spacial score (nSPS) is 16.8. The molecule has 0 bridgehead atoms. The summed E-state index contributed by atoms with van der Waals surface area (Å²) in [7, 11) is 0. The third-order valence-electron chi connectivity index (χ3n) is 4.44. The van der Waals surface area contributed by atoms with Gasteiger partial charge in [-0.05, 0) is 31.5 Å². The summed E-state index contributed by atoms with van der Waals surface area (Å²) in [4.78, 5) is 26.6. The Balaban J connectivity index is 1.88. The fourth-order valence-corrected chi connectivity index (χ4v) is 4.23. The average molecular weight is 369 g/mol. The van der Waals surface area contributed by atoms with Crippen LogP contribution in [0.4, 0.5) is 11.4 Å². The summed E-state index contributed by atoms with van der Waals surface area (Å²) >= 11 is 1.59. The lowest BCUT2D eigenvalue weighted by atomic mass is 10.1. The molecule has 2 amide bonds. The molecule has 4 nitrogen and oxygen atoms in total. The molecule has 1 atom stereocenters. The number of rotatable bonds is 6. The minimum Gasteiger partial charge on any atom is -0.326 e. The van der Waals surface area contributed by atoms with Gasteiger partial charge in [0.05, 0.1) is 5.75 Å². The van der Waals surface area contributed by atoms with Gasteiger partial charge in [0.2, 0.25) is 11.8 Å². The Labute approximate surface area is 159 Å². The molecule has 1 fully saturated rings. The zero-order chi connectivity index (χ0) is 18.5. The first kappa shape index (κ1) is 18.5. The van der Waals surface area contributed by atoms with Gasteiger partial charge in [0.1, 0.15) is 5.37 Å². The highest BCUT2D eigenvalue weighted by atomic mass is 32.2. The number of hydrogen-bond donors (Lipinski definition) is 1. The Morgan fingerprint density at radius 2 is 1.92 bits per heavy atom. The van der Waals surface area contributed by atoms with Crippen LogP contribution >= 0.6 is 11.8 Å². The number of thioether (sulfide) groups is 1. The van der Waals surface area contributed by atoms with Gasteiger partial charge in [-0.2, -0.15) is 0 Å². The van der Waals surface area contributed by atoms with Crippen LogP contribution in [0.1, 0.15) is 42.7 Å². The van der Waals surface area contributed by atoms with Crippen molar-refractivity contribution >= 4 is 35.0 Å². The molecule has 1 saturated heterocycles. The van der Waals surface area contributed by atoms with Crippen molar-refractivity contribution < 1.29 is 9.59 Å². The molecule has 1 aliphatic heterocycles. The molecule has 0 unspecified atom stereocenters. The maximum Gasteiger partial charge on any atom is 0.238 e. The number of carbonyl (C=O) groups is 2. The third-order valence-corrected chi connectivity index (χ3v) is 5.63. The van der Waals surface area contributed by atoms with Crippen molar-refractivity contribution in [1.29, 1.82) is 0 Å². The van der Waals surface area contributed by atoms with Gasteiger partial charge in [-0.25, -0.2) is 0 Å². The summed E-state index contributed by atoms with van der Waals surface area (Å²) in [6, 6.07) is 15.8. The van der Waals surface area contributed by atoms with Gasteiger partial charge in [-0.1, -0.05) is 49.2 Å². The number of unbranched alkanes of at least 4 members (excludes halogenated alkanes) is 1. The van der Waals surface area contributed by atoms with Crippen molar-refractivity contribution in [3.05, 3.63) is 59.7 Å². The van der Waals surface area contributed by atoms with Crippen molar-refractivity contribution in [2.45, 2.75) is 38.5 Å². The van der Waals surface area contributed by atoms with Gasteiger partial charge in [-0.3, -0.25) is 14.5 Å². The smallest absolute Gasteiger partial charge is 0.238 e. The van der Waals surface area contributed by atoms with Crippen molar-refractivity contribution in [1.82, 2.24) is 0 Å². The monoisotopic (exact) mass is 368 g/mol. The van der Waals surface area contributed by atoms with E-state index in [2.05, 4.69) is 12.2 Å². The first-order chi connectivity index (χ1) is 12.6. The molecule has 0 aromatic heterocycles. The van der Waals surface area contributed by atoms with Gasteiger partial charge >= 0.3 is 0 Å². The highest BCUT2D eigenvalue weighted by Crippen LogP contribution is 2.44. The fourth-order valence-electron chi connectivity index (χ4n) is 3.01. The minimum atomic E-state index is -0.132. The quantitative estimate of drug-likeness (QED) is 0.789. The Hall–Kier alpha value is -2.27. The lowest BCUT2D eigenvalue weighted by Gasteiger charge is -2.26. The molecule has 0 saturated carbocycles. The van der Waals surface area contributed by atoms with Gasteiger partial charge in [0, 0.05) is 23.4 Å². The second-order valence-electron chi connectivity index (χ2n) is 6.50. The van der Waals surface area contributed by atoms with E-state index in [0.717, 1.165) is 35.3 Å². The van der Waals surface area contributed by atoms with Crippen molar-refractivity contribution in [3.8, 4) is 0 Å². The minimum absolute atomic E-state index is 0.0236. The number of para-hydroxylation sites is 1. The summed E-state index contributed by atoms with van der Waals surface area (Å²) in [5, 5.41) is 2.90. The number of benzene rings is 2. The van der Waals surface area contributed by atoms with Gasteiger partial charge in [-0.15, -0.1) is 11.8 Å². The highest BCUT2D eigenvalue weighted by Gasteiger charge is 2.35. The Kier molecular flexibility index (Phi) is 5.99. The number of amides is 2. The summed E-state index contributed by atoms with van der Waals surface area (Å²) < 4.78 is 0. The zero-order valence-corrected chi connectivity index (χ0v) is 16.0. The molecular weight excluding hydrogens is 344 g/mol. The number of nitrogens with one attached hydrogen (secondary N) is 1. The number of hydrogen-bond acceptors (Lipinski definition) is 3. The van der Waals surface area contributed by atoms with E-state index < -0.39 is 0 Å². The summed E-state index contributed by atoms with van der Waals surface area (Å²) in [6.07, 6.45) is 2.38. The number of aryl methyl sites for hydroxylation is 1. The van der Waals surface area contributed by atoms with Crippen LogP contribution in [0, 0.1) is 6.92 Å². The molecule has 26 heavy (non-hydrogen) atoms. The summed E-state index contributed by atoms with van der Waals surface area (Å²) in [5.74, 6) is 0.558. The van der Waals surface area contributed by atoms with E-state index in [4.69, 9.17) is 0 Å². The molecule has 1 heterocycles. The average Bonchev–Trinajstić information content (AvgIpc) is 3.02. The van der Waals surface area contributed by atoms with Crippen LogP contribution < -0.4 is 10.2 Å². The second kappa shape index (κ2) is 8.41. The molecule has 136 valence electrons. The molecule has 2 aromatic rings. The van der Waals surface area contributed by atoms with E-state index in [9.17, 15) is 9.59 Å². The molecule has 1 N–H and O–H groups in total. The third kappa shape index (κ3) is 4.10. The predicted octanol–water partition coefficient (Wildman–Crippen LogP) is 4.90. The van der Waals surface area contributed by atoms with Crippen LogP contribution in [0.3, 0.4) is 0 Å². The highest BCUT2D eigenvalue weighted by molar-refractivity contribution is 8.00. The van der Waals surface area contributed by atoms with E-state index in [1.54, 1.807) is 11.8 Å². The van der Waals surface area contributed by atoms with Crippen LogP contribution in [0.5, 0.6) is 0 Å². The Morgan fingerprint density at radius 1 is 1.19 bits per heavy atom. The molecular formula is C21H24N2O2S. The van der Waals surface area contributed by atoms with E-state index >= 15 is 0 Å². The van der Waals surface area contributed by atoms with Crippen molar-refractivity contribution in [2.24, 2.45) is 0 Å². The standard InChI is InChI=1S/C21H24N2O2S/c1-3-4-9-19(24)22-18-8-6-5-7-17(18)21-23(20(25)14-26-21)16-12-10-15(2)11-13-16/h5-8,10-13,21H,3-4,9,14H2,1-2H3,(H,22,24)/t21-/m0/s1. The fraction of sp³-hybridized carbons (Fsp3) is 0.333. The van der Waals surface area contributed by atoms with Crippen LogP contribution in [0.2, 0.25) is 0 Å². The maximum absolute atomic E-state index is 12.5. The summed E-state index contributed by atoms with van der Waals surface area (Å²) in [6.45, 7) is 4.10. The van der Waals surface area contributed by atoms with E-state index in [0.29, 0.717) is 12.2 Å². The van der Waals surface area contributed by atoms with Crippen molar-refractivity contribution in [2.75, 3.05) is 16.0 Å². The van der Waals surface area contributed by atoms with Gasteiger partial charge in [0.25, 0.3) is 0 Å².